The fraction of sp³-hybridized carbons (Fsp3) is 0.941. The first-order valence-electron chi connectivity index (χ1n) is 8.41. The topological polar surface area (TPSA) is 64.3 Å². The molecule has 0 aromatic rings. The summed E-state index contributed by atoms with van der Waals surface area (Å²) in [6.45, 7) is 10.1. The molecule has 2 rings (SSSR count). The Morgan fingerprint density at radius 2 is 1.71 bits per heavy atom. The maximum Gasteiger partial charge on any atom is 0.224 e. The number of amides is 1. The summed E-state index contributed by atoms with van der Waals surface area (Å²) in [5.74, 6) is 0.347. The van der Waals surface area contributed by atoms with Crippen molar-refractivity contribution >= 4 is 5.91 Å². The lowest BCUT2D eigenvalue weighted by Crippen LogP contribution is -2.31. The van der Waals surface area contributed by atoms with Crippen molar-refractivity contribution in [3.8, 4) is 0 Å². The Bertz CT molecular complexity index is 357. The average Bonchev–Trinajstić information content (AvgIpc) is 2.81. The molecular weight excluding hydrogens is 264 g/mol. The van der Waals surface area contributed by atoms with E-state index in [1.54, 1.807) is 0 Å². The highest BCUT2D eigenvalue weighted by Gasteiger charge is 2.68. The zero-order chi connectivity index (χ0) is 15.7. The molecule has 0 heterocycles. The van der Waals surface area contributed by atoms with Crippen molar-refractivity contribution in [2.45, 2.75) is 71.9 Å². The number of ether oxygens (including phenoxy) is 1. The molecule has 2 aliphatic rings. The van der Waals surface area contributed by atoms with E-state index in [1.165, 1.54) is 0 Å². The smallest absolute Gasteiger partial charge is 0.224 e. The average molecular weight is 296 g/mol. The molecule has 0 saturated heterocycles. The Morgan fingerprint density at radius 3 is 2.24 bits per heavy atom. The first kappa shape index (κ1) is 16.8. The van der Waals surface area contributed by atoms with Crippen LogP contribution in [0.4, 0.5) is 0 Å². The zero-order valence-corrected chi connectivity index (χ0v) is 14.1. The third-order valence-electron chi connectivity index (χ3n) is 5.98. The fourth-order valence-corrected chi connectivity index (χ4v) is 3.74. The van der Waals surface area contributed by atoms with Gasteiger partial charge in [0, 0.05) is 25.1 Å². The van der Waals surface area contributed by atoms with Gasteiger partial charge < -0.3 is 15.8 Å². The maximum atomic E-state index is 12.2. The molecule has 0 aliphatic heterocycles. The van der Waals surface area contributed by atoms with Crippen molar-refractivity contribution in [3.63, 3.8) is 0 Å². The normalized spacial score (nSPS) is 30.9. The van der Waals surface area contributed by atoms with Crippen LogP contribution in [0.3, 0.4) is 0 Å². The molecule has 21 heavy (non-hydrogen) atoms. The van der Waals surface area contributed by atoms with Crippen molar-refractivity contribution in [2.24, 2.45) is 22.5 Å². The van der Waals surface area contributed by atoms with Gasteiger partial charge in [0.15, 0.2) is 0 Å². The van der Waals surface area contributed by atoms with Crippen LogP contribution in [0.2, 0.25) is 0 Å². The molecule has 0 spiro atoms. The summed E-state index contributed by atoms with van der Waals surface area (Å²) in [6, 6.07) is 0.370. The van der Waals surface area contributed by atoms with Crippen LogP contribution in [-0.2, 0) is 9.53 Å². The zero-order valence-electron chi connectivity index (χ0n) is 14.1. The van der Waals surface area contributed by atoms with Crippen molar-refractivity contribution in [1.82, 2.24) is 5.32 Å². The Kier molecular flexibility index (Phi) is 4.99. The molecular formula is C17H32N2O2. The summed E-state index contributed by atoms with van der Waals surface area (Å²) in [7, 11) is 0. The summed E-state index contributed by atoms with van der Waals surface area (Å²) in [5, 5.41) is 3.06. The van der Waals surface area contributed by atoms with Gasteiger partial charge in [-0.25, -0.2) is 0 Å². The van der Waals surface area contributed by atoms with Crippen LogP contribution < -0.4 is 11.1 Å². The molecule has 0 unspecified atom stereocenters. The molecule has 0 atom stereocenters. The summed E-state index contributed by atoms with van der Waals surface area (Å²) in [4.78, 5) is 12.2. The van der Waals surface area contributed by atoms with Crippen molar-refractivity contribution in [3.05, 3.63) is 0 Å². The van der Waals surface area contributed by atoms with Gasteiger partial charge in [0.1, 0.15) is 0 Å². The Labute approximate surface area is 129 Å². The van der Waals surface area contributed by atoms with Crippen LogP contribution >= 0.6 is 0 Å². The lowest BCUT2D eigenvalue weighted by Gasteiger charge is -2.26. The molecule has 0 radical (unpaired) electrons. The number of hydrogen-bond acceptors (Lipinski definition) is 3. The van der Waals surface area contributed by atoms with Crippen LogP contribution in [0.15, 0.2) is 0 Å². The minimum absolute atomic E-state index is 0.119. The van der Waals surface area contributed by atoms with Gasteiger partial charge >= 0.3 is 0 Å². The Morgan fingerprint density at radius 1 is 1.14 bits per heavy atom. The third kappa shape index (κ3) is 3.59. The van der Waals surface area contributed by atoms with Crippen LogP contribution in [0, 0.1) is 16.7 Å². The van der Waals surface area contributed by atoms with Gasteiger partial charge in [-0.05, 0) is 42.9 Å². The summed E-state index contributed by atoms with van der Waals surface area (Å²) in [6.07, 6.45) is 5.58. The summed E-state index contributed by atoms with van der Waals surface area (Å²) >= 11 is 0. The van der Waals surface area contributed by atoms with E-state index in [2.05, 4.69) is 33.0 Å². The lowest BCUT2D eigenvalue weighted by atomic mass is 9.94. The van der Waals surface area contributed by atoms with E-state index < -0.39 is 0 Å². The number of carbonyl (C=O) groups excluding carboxylic acids is 1. The van der Waals surface area contributed by atoms with Crippen LogP contribution in [0.5, 0.6) is 0 Å². The first-order chi connectivity index (χ1) is 9.76. The first-order valence-corrected chi connectivity index (χ1v) is 8.41. The molecule has 3 N–H and O–H groups in total. The van der Waals surface area contributed by atoms with Crippen LogP contribution in [-0.4, -0.2) is 31.2 Å². The van der Waals surface area contributed by atoms with E-state index in [9.17, 15) is 4.79 Å². The second-order valence-electron chi connectivity index (χ2n) is 7.93. The van der Waals surface area contributed by atoms with Gasteiger partial charge in [0.05, 0.1) is 6.10 Å². The Balaban J connectivity index is 1.56. The van der Waals surface area contributed by atoms with Gasteiger partial charge in [-0.2, -0.15) is 0 Å². The molecule has 4 nitrogen and oxygen atoms in total. The SMILES string of the molecule is CC1(C)C(C(=O)NCCCOC2CCC(N)CC2)C1(C)C. The van der Waals surface area contributed by atoms with Gasteiger partial charge in [0.25, 0.3) is 0 Å². The fourth-order valence-electron chi connectivity index (χ4n) is 3.74. The summed E-state index contributed by atoms with van der Waals surface area (Å²) < 4.78 is 5.86. The number of carbonyl (C=O) groups is 1. The second kappa shape index (κ2) is 6.25. The quantitative estimate of drug-likeness (QED) is 0.740. The molecule has 4 heteroatoms. The highest BCUT2D eigenvalue weighted by Crippen LogP contribution is 2.68. The molecule has 122 valence electrons. The number of nitrogens with one attached hydrogen (secondary N) is 1. The molecule has 2 saturated carbocycles. The monoisotopic (exact) mass is 296 g/mol. The predicted octanol–water partition coefficient (Wildman–Crippen LogP) is 2.46. The lowest BCUT2D eigenvalue weighted by molar-refractivity contribution is -0.123. The minimum Gasteiger partial charge on any atom is -0.378 e. The maximum absolute atomic E-state index is 12.2. The molecule has 2 aliphatic carbocycles. The minimum atomic E-state index is 0.119. The molecule has 0 bridgehead atoms. The number of nitrogens with two attached hydrogens (primary N) is 1. The van der Waals surface area contributed by atoms with Crippen molar-refractivity contribution in [1.29, 1.82) is 0 Å². The van der Waals surface area contributed by atoms with Gasteiger partial charge in [-0.3, -0.25) is 4.79 Å². The van der Waals surface area contributed by atoms with Gasteiger partial charge in [-0.15, -0.1) is 0 Å². The van der Waals surface area contributed by atoms with E-state index in [0.717, 1.165) is 38.7 Å². The Hall–Kier alpha value is -0.610. The molecule has 0 aromatic heterocycles. The third-order valence-corrected chi connectivity index (χ3v) is 5.98. The van der Waals surface area contributed by atoms with Crippen molar-refractivity contribution < 1.29 is 9.53 Å². The number of hydrogen-bond donors (Lipinski definition) is 2. The summed E-state index contributed by atoms with van der Waals surface area (Å²) in [5.41, 5.74) is 6.12. The molecule has 1 amide bonds. The second-order valence-corrected chi connectivity index (χ2v) is 7.93. The van der Waals surface area contributed by atoms with Crippen molar-refractivity contribution in [2.75, 3.05) is 13.2 Å². The van der Waals surface area contributed by atoms with E-state index in [0.29, 0.717) is 18.7 Å². The van der Waals surface area contributed by atoms with E-state index in [-0.39, 0.29) is 22.7 Å². The van der Waals surface area contributed by atoms with E-state index in [1.807, 2.05) is 0 Å². The highest BCUT2D eigenvalue weighted by molar-refractivity contribution is 5.84. The van der Waals surface area contributed by atoms with E-state index >= 15 is 0 Å². The van der Waals surface area contributed by atoms with Crippen LogP contribution in [0.25, 0.3) is 0 Å². The van der Waals surface area contributed by atoms with E-state index in [4.69, 9.17) is 10.5 Å². The van der Waals surface area contributed by atoms with Gasteiger partial charge in [0.2, 0.25) is 5.91 Å². The standard InChI is InChI=1S/C17H32N2O2/c1-16(2)14(17(16,3)4)15(20)19-10-5-11-21-13-8-6-12(18)7-9-13/h12-14H,5-11,18H2,1-4H3,(H,19,20). The number of rotatable bonds is 6. The van der Waals surface area contributed by atoms with Crippen LogP contribution in [0.1, 0.15) is 59.8 Å². The van der Waals surface area contributed by atoms with Gasteiger partial charge in [-0.1, -0.05) is 27.7 Å². The largest absolute Gasteiger partial charge is 0.378 e. The highest BCUT2D eigenvalue weighted by atomic mass is 16.5. The predicted molar refractivity (Wildman–Crippen MR) is 84.9 cm³/mol. The molecule has 0 aromatic carbocycles. The molecule has 2 fully saturated rings.